The lowest BCUT2D eigenvalue weighted by molar-refractivity contribution is -0.138. The first kappa shape index (κ1) is 11.3. The van der Waals surface area contributed by atoms with Crippen LogP contribution >= 0.6 is 0 Å². The Hall–Kier alpha value is -1.15. The lowest BCUT2D eigenvalue weighted by Gasteiger charge is -2.36. The fraction of sp³-hybridized carbons (Fsp3) is 0.500. The zero-order valence-electron chi connectivity index (χ0n) is 9.74. The summed E-state index contributed by atoms with van der Waals surface area (Å²) in [6.45, 7) is 3.37. The summed E-state index contributed by atoms with van der Waals surface area (Å²) >= 11 is 0. The van der Waals surface area contributed by atoms with Crippen LogP contribution in [0.15, 0.2) is 30.3 Å². The summed E-state index contributed by atoms with van der Waals surface area (Å²) in [7, 11) is 0. The molecule has 1 saturated carbocycles. The molecule has 0 aliphatic heterocycles. The molecular weight excluding hydrogens is 200 g/mol. The van der Waals surface area contributed by atoms with Crippen LogP contribution in [-0.2, 0) is 16.1 Å². The number of hydrogen-bond acceptors (Lipinski definition) is 2. The molecule has 86 valence electrons. The highest BCUT2D eigenvalue weighted by Crippen LogP contribution is 2.39. The van der Waals surface area contributed by atoms with Crippen molar-refractivity contribution in [1.82, 2.24) is 0 Å². The molecule has 2 heteroatoms. The molecule has 1 atom stereocenters. The molecule has 0 saturated heterocycles. The Labute approximate surface area is 96.6 Å². The zero-order chi connectivity index (χ0) is 11.4. The van der Waals surface area contributed by atoms with Crippen molar-refractivity contribution in [3.8, 4) is 0 Å². The Morgan fingerprint density at radius 3 is 2.62 bits per heavy atom. The minimum absolute atomic E-state index is 0.0866. The molecule has 2 rings (SSSR count). The van der Waals surface area contributed by atoms with Crippen molar-refractivity contribution in [2.75, 3.05) is 6.61 Å². The van der Waals surface area contributed by atoms with Crippen molar-refractivity contribution < 1.29 is 9.53 Å². The monoisotopic (exact) mass is 218 g/mol. The molecule has 0 spiro atoms. The van der Waals surface area contributed by atoms with Crippen molar-refractivity contribution in [3.05, 3.63) is 35.9 Å². The van der Waals surface area contributed by atoms with E-state index in [1.165, 1.54) is 5.56 Å². The highest BCUT2D eigenvalue weighted by atomic mass is 16.5. The Balaban J connectivity index is 1.68. The molecule has 1 aliphatic carbocycles. The van der Waals surface area contributed by atoms with Crippen LogP contribution in [0.25, 0.3) is 0 Å². The Morgan fingerprint density at radius 1 is 1.31 bits per heavy atom. The van der Waals surface area contributed by atoms with E-state index in [2.05, 4.69) is 12.1 Å². The van der Waals surface area contributed by atoms with Crippen LogP contribution in [0.1, 0.15) is 31.7 Å². The fourth-order valence-electron chi connectivity index (χ4n) is 1.98. The maximum atomic E-state index is 11.4. The predicted octanol–water partition coefficient (Wildman–Crippen LogP) is 2.96. The van der Waals surface area contributed by atoms with Crippen LogP contribution < -0.4 is 0 Å². The molecule has 1 aromatic rings. The molecule has 1 fully saturated rings. The topological polar surface area (TPSA) is 26.3 Å². The standard InChI is InChI=1S/C14H18O2/c1-14(8-7-13(14)15)9-10-16-11-12-5-3-2-4-6-12/h2-6H,7-11H2,1H3/t14-/m1/s1. The van der Waals surface area contributed by atoms with Gasteiger partial charge in [0.2, 0.25) is 0 Å². The number of carbonyl (C=O) groups excluding carboxylic acids is 1. The minimum atomic E-state index is -0.0866. The molecular formula is C14H18O2. The zero-order valence-corrected chi connectivity index (χ0v) is 9.74. The normalized spacial score (nSPS) is 24.2. The van der Waals surface area contributed by atoms with Gasteiger partial charge >= 0.3 is 0 Å². The van der Waals surface area contributed by atoms with E-state index in [9.17, 15) is 4.79 Å². The van der Waals surface area contributed by atoms with Gasteiger partial charge in [0.15, 0.2) is 0 Å². The SMILES string of the molecule is C[C@]1(CCOCc2ccccc2)CCC1=O. The van der Waals surface area contributed by atoms with Crippen LogP contribution in [0.2, 0.25) is 0 Å². The van der Waals surface area contributed by atoms with Gasteiger partial charge in [0.05, 0.1) is 6.61 Å². The van der Waals surface area contributed by atoms with Gasteiger partial charge in [-0.25, -0.2) is 0 Å². The largest absolute Gasteiger partial charge is 0.377 e. The Morgan fingerprint density at radius 2 is 2.06 bits per heavy atom. The van der Waals surface area contributed by atoms with E-state index in [4.69, 9.17) is 4.74 Å². The van der Waals surface area contributed by atoms with E-state index in [0.29, 0.717) is 19.0 Å². The van der Waals surface area contributed by atoms with Gasteiger partial charge in [-0.1, -0.05) is 37.3 Å². The average Bonchev–Trinajstić information content (AvgIpc) is 2.34. The number of carbonyl (C=O) groups is 1. The molecule has 1 aromatic carbocycles. The van der Waals surface area contributed by atoms with E-state index in [-0.39, 0.29) is 5.41 Å². The molecule has 2 nitrogen and oxygen atoms in total. The molecule has 1 aliphatic rings. The first-order valence-electron chi connectivity index (χ1n) is 5.86. The quantitative estimate of drug-likeness (QED) is 0.710. The van der Waals surface area contributed by atoms with Crippen LogP contribution in [-0.4, -0.2) is 12.4 Å². The molecule has 0 amide bonds. The van der Waals surface area contributed by atoms with Crippen LogP contribution in [0.5, 0.6) is 0 Å². The second kappa shape index (κ2) is 4.79. The van der Waals surface area contributed by atoms with Crippen molar-refractivity contribution >= 4 is 5.78 Å². The molecule has 0 N–H and O–H groups in total. The summed E-state index contributed by atoms with van der Waals surface area (Å²) < 4.78 is 5.59. The molecule has 0 unspecified atom stereocenters. The predicted molar refractivity (Wildman–Crippen MR) is 63.1 cm³/mol. The lowest BCUT2D eigenvalue weighted by Crippen LogP contribution is -2.38. The highest BCUT2D eigenvalue weighted by molar-refractivity contribution is 5.89. The molecule has 16 heavy (non-hydrogen) atoms. The van der Waals surface area contributed by atoms with Gasteiger partial charge in [0.1, 0.15) is 5.78 Å². The number of Topliss-reactive ketones (excluding diaryl/α,β-unsaturated/α-hetero) is 1. The summed E-state index contributed by atoms with van der Waals surface area (Å²) in [5.74, 6) is 0.399. The van der Waals surface area contributed by atoms with E-state index in [1.807, 2.05) is 25.1 Å². The Bertz CT molecular complexity index is 358. The first-order chi connectivity index (χ1) is 7.71. The van der Waals surface area contributed by atoms with Crippen LogP contribution in [0.3, 0.4) is 0 Å². The number of hydrogen-bond donors (Lipinski definition) is 0. The second-order valence-electron chi connectivity index (χ2n) is 4.77. The third-order valence-electron chi connectivity index (χ3n) is 3.49. The van der Waals surface area contributed by atoms with Gasteiger partial charge in [-0.3, -0.25) is 4.79 Å². The summed E-state index contributed by atoms with van der Waals surface area (Å²) in [6, 6.07) is 10.1. The minimum Gasteiger partial charge on any atom is -0.377 e. The highest BCUT2D eigenvalue weighted by Gasteiger charge is 2.40. The first-order valence-corrected chi connectivity index (χ1v) is 5.86. The fourth-order valence-corrected chi connectivity index (χ4v) is 1.98. The summed E-state index contributed by atoms with van der Waals surface area (Å²) in [4.78, 5) is 11.4. The van der Waals surface area contributed by atoms with Gasteiger partial charge in [-0.05, 0) is 18.4 Å². The molecule has 0 heterocycles. The van der Waals surface area contributed by atoms with Crippen molar-refractivity contribution in [2.24, 2.45) is 5.41 Å². The van der Waals surface area contributed by atoms with Crippen molar-refractivity contribution in [3.63, 3.8) is 0 Å². The van der Waals surface area contributed by atoms with E-state index in [0.717, 1.165) is 19.3 Å². The smallest absolute Gasteiger partial charge is 0.138 e. The molecule has 0 radical (unpaired) electrons. The van der Waals surface area contributed by atoms with Gasteiger partial charge in [0, 0.05) is 18.4 Å². The average molecular weight is 218 g/mol. The molecule has 0 aromatic heterocycles. The van der Waals surface area contributed by atoms with Crippen LogP contribution in [0.4, 0.5) is 0 Å². The maximum absolute atomic E-state index is 11.4. The summed E-state index contributed by atoms with van der Waals surface area (Å²) in [6.07, 6.45) is 2.65. The summed E-state index contributed by atoms with van der Waals surface area (Å²) in [5, 5.41) is 0. The van der Waals surface area contributed by atoms with Crippen molar-refractivity contribution in [1.29, 1.82) is 0 Å². The van der Waals surface area contributed by atoms with Gasteiger partial charge in [-0.15, -0.1) is 0 Å². The number of ether oxygens (including phenoxy) is 1. The van der Waals surface area contributed by atoms with Gasteiger partial charge < -0.3 is 4.74 Å². The second-order valence-corrected chi connectivity index (χ2v) is 4.77. The van der Waals surface area contributed by atoms with E-state index >= 15 is 0 Å². The summed E-state index contributed by atoms with van der Waals surface area (Å²) in [5.41, 5.74) is 1.10. The number of rotatable bonds is 5. The third-order valence-corrected chi connectivity index (χ3v) is 3.49. The Kier molecular flexibility index (Phi) is 3.39. The van der Waals surface area contributed by atoms with Crippen LogP contribution in [0, 0.1) is 5.41 Å². The third kappa shape index (κ3) is 2.50. The number of benzene rings is 1. The van der Waals surface area contributed by atoms with E-state index < -0.39 is 0 Å². The number of ketones is 1. The molecule has 0 bridgehead atoms. The van der Waals surface area contributed by atoms with Gasteiger partial charge in [-0.2, -0.15) is 0 Å². The van der Waals surface area contributed by atoms with E-state index in [1.54, 1.807) is 0 Å². The van der Waals surface area contributed by atoms with Crippen molar-refractivity contribution in [2.45, 2.75) is 32.8 Å². The lowest BCUT2D eigenvalue weighted by atomic mass is 9.67. The van der Waals surface area contributed by atoms with Gasteiger partial charge in [0.25, 0.3) is 0 Å². The maximum Gasteiger partial charge on any atom is 0.138 e.